The molecule has 1 aromatic heterocycles. The van der Waals surface area contributed by atoms with E-state index in [1.807, 2.05) is 0 Å². The second-order valence-corrected chi connectivity index (χ2v) is 7.55. The van der Waals surface area contributed by atoms with Crippen LogP contribution in [0.5, 0.6) is 0 Å². The SMILES string of the molecule is CCOC(=O)c1c(NC(=O)c2ccc(Cl)cc2[N+](=O)[O-])sc2c1CCCC2. The Morgan fingerprint density at radius 3 is 2.78 bits per heavy atom. The number of rotatable bonds is 5. The molecule has 7 nitrogen and oxygen atoms in total. The second-order valence-electron chi connectivity index (χ2n) is 6.01. The lowest BCUT2D eigenvalue weighted by molar-refractivity contribution is -0.385. The Bertz CT molecular complexity index is 925. The molecule has 0 fully saturated rings. The van der Waals surface area contributed by atoms with E-state index >= 15 is 0 Å². The third-order valence-corrected chi connectivity index (χ3v) is 5.72. The summed E-state index contributed by atoms with van der Waals surface area (Å²) in [4.78, 5) is 36.8. The van der Waals surface area contributed by atoms with E-state index in [0.717, 1.165) is 42.2 Å². The summed E-state index contributed by atoms with van der Waals surface area (Å²) in [6, 6.07) is 3.84. The van der Waals surface area contributed by atoms with Crippen LogP contribution in [0.25, 0.3) is 0 Å². The average molecular weight is 409 g/mol. The Balaban J connectivity index is 1.98. The predicted molar refractivity (Wildman–Crippen MR) is 103 cm³/mol. The van der Waals surface area contributed by atoms with Gasteiger partial charge < -0.3 is 10.1 Å². The van der Waals surface area contributed by atoms with E-state index in [4.69, 9.17) is 16.3 Å². The number of nitrogens with zero attached hydrogens (tertiary/aromatic N) is 1. The minimum atomic E-state index is -0.664. The summed E-state index contributed by atoms with van der Waals surface area (Å²) in [6.07, 6.45) is 3.57. The third kappa shape index (κ3) is 3.96. The van der Waals surface area contributed by atoms with Crippen molar-refractivity contribution in [1.82, 2.24) is 0 Å². The molecule has 142 valence electrons. The molecule has 27 heavy (non-hydrogen) atoms. The van der Waals surface area contributed by atoms with Gasteiger partial charge in [0.1, 0.15) is 10.6 Å². The summed E-state index contributed by atoms with van der Waals surface area (Å²) < 4.78 is 5.15. The van der Waals surface area contributed by atoms with Gasteiger partial charge in [-0.2, -0.15) is 0 Å². The number of halogens is 1. The molecule has 0 saturated heterocycles. The number of nitro benzene ring substituents is 1. The molecule has 9 heteroatoms. The molecule has 0 aliphatic heterocycles. The van der Waals surface area contributed by atoms with Crippen LogP contribution in [0.1, 0.15) is 50.9 Å². The van der Waals surface area contributed by atoms with E-state index in [1.54, 1.807) is 6.92 Å². The van der Waals surface area contributed by atoms with Crippen molar-refractivity contribution in [2.24, 2.45) is 0 Å². The zero-order chi connectivity index (χ0) is 19.6. The van der Waals surface area contributed by atoms with Crippen molar-refractivity contribution in [3.8, 4) is 0 Å². The maximum Gasteiger partial charge on any atom is 0.341 e. The number of hydrogen-bond donors (Lipinski definition) is 1. The molecule has 0 radical (unpaired) electrons. The van der Waals surface area contributed by atoms with E-state index in [-0.39, 0.29) is 22.9 Å². The van der Waals surface area contributed by atoms with Gasteiger partial charge in [0.05, 0.1) is 17.1 Å². The number of thiophene rings is 1. The van der Waals surface area contributed by atoms with E-state index < -0.39 is 16.8 Å². The van der Waals surface area contributed by atoms with Crippen molar-refractivity contribution in [3.63, 3.8) is 0 Å². The number of carbonyl (C=O) groups excluding carboxylic acids is 2. The average Bonchev–Trinajstić information content (AvgIpc) is 2.99. The van der Waals surface area contributed by atoms with E-state index in [0.29, 0.717) is 10.6 Å². The Labute approximate surface area is 164 Å². The van der Waals surface area contributed by atoms with Crippen molar-refractivity contribution >= 4 is 45.5 Å². The van der Waals surface area contributed by atoms with Crippen LogP contribution in [0, 0.1) is 10.1 Å². The number of esters is 1. The zero-order valence-corrected chi connectivity index (χ0v) is 16.1. The van der Waals surface area contributed by atoms with Crippen molar-refractivity contribution in [3.05, 3.63) is 54.9 Å². The molecular formula is C18H17ClN2O5S. The molecule has 1 aliphatic carbocycles. The maximum absolute atomic E-state index is 12.7. The second kappa shape index (κ2) is 8.06. The molecule has 1 heterocycles. The van der Waals surface area contributed by atoms with Gasteiger partial charge in [0, 0.05) is 16.0 Å². The van der Waals surface area contributed by atoms with Crippen LogP contribution in [-0.2, 0) is 17.6 Å². The number of nitrogens with one attached hydrogen (secondary N) is 1. The minimum Gasteiger partial charge on any atom is -0.462 e. The first kappa shape index (κ1) is 19.3. The lowest BCUT2D eigenvalue weighted by Gasteiger charge is -2.12. The van der Waals surface area contributed by atoms with E-state index in [9.17, 15) is 19.7 Å². The van der Waals surface area contributed by atoms with Crippen molar-refractivity contribution < 1.29 is 19.2 Å². The summed E-state index contributed by atoms with van der Waals surface area (Å²) >= 11 is 7.13. The van der Waals surface area contributed by atoms with Gasteiger partial charge in [-0.05, 0) is 50.3 Å². The normalized spacial score (nSPS) is 13.0. The quantitative estimate of drug-likeness (QED) is 0.442. The molecule has 0 bridgehead atoms. The van der Waals surface area contributed by atoms with Gasteiger partial charge in [0.2, 0.25) is 0 Å². The Morgan fingerprint density at radius 2 is 2.07 bits per heavy atom. The zero-order valence-electron chi connectivity index (χ0n) is 14.5. The Kier molecular flexibility index (Phi) is 5.76. The monoisotopic (exact) mass is 408 g/mol. The largest absolute Gasteiger partial charge is 0.462 e. The molecule has 2 aromatic rings. The van der Waals surface area contributed by atoms with Crippen LogP contribution in [-0.4, -0.2) is 23.4 Å². The predicted octanol–water partition coefficient (Wildman–Crippen LogP) is 4.62. The highest BCUT2D eigenvalue weighted by Gasteiger charge is 2.29. The van der Waals surface area contributed by atoms with Crippen molar-refractivity contribution in [1.29, 1.82) is 0 Å². The highest BCUT2D eigenvalue weighted by atomic mass is 35.5. The Hall–Kier alpha value is -2.45. The smallest absolute Gasteiger partial charge is 0.341 e. The van der Waals surface area contributed by atoms with Crippen molar-refractivity contribution in [2.75, 3.05) is 11.9 Å². The van der Waals surface area contributed by atoms with Crippen LogP contribution in [0.2, 0.25) is 5.02 Å². The fourth-order valence-corrected chi connectivity index (χ4v) is 4.53. The fourth-order valence-electron chi connectivity index (χ4n) is 3.09. The van der Waals surface area contributed by atoms with Gasteiger partial charge in [-0.25, -0.2) is 4.79 Å². The van der Waals surface area contributed by atoms with E-state index in [2.05, 4.69) is 5.32 Å². The number of benzene rings is 1. The highest BCUT2D eigenvalue weighted by Crippen LogP contribution is 2.39. The van der Waals surface area contributed by atoms with Crippen LogP contribution in [0.3, 0.4) is 0 Å². The van der Waals surface area contributed by atoms with Crippen LogP contribution in [0.15, 0.2) is 18.2 Å². The molecule has 1 aliphatic rings. The van der Waals surface area contributed by atoms with Crippen LogP contribution < -0.4 is 5.32 Å². The summed E-state index contributed by atoms with van der Waals surface area (Å²) in [5.41, 5.74) is 0.761. The maximum atomic E-state index is 12.7. The summed E-state index contributed by atoms with van der Waals surface area (Å²) in [5, 5.41) is 14.4. The van der Waals surface area contributed by atoms with Gasteiger partial charge in [0.15, 0.2) is 0 Å². The lowest BCUT2D eigenvalue weighted by atomic mass is 9.95. The number of amides is 1. The summed E-state index contributed by atoms with van der Waals surface area (Å²) in [6.45, 7) is 1.94. The molecular weight excluding hydrogens is 392 g/mol. The molecule has 1 aromatic carbocycles. The number of nitro groups is 1. The molecule has 3 rings (SSSR count). The lowest BCUT2D eigenvalue weighted by Crippen LogP contribution is -2.16. The molecule has 1 N–H and O–H groups in total. The summed E-state index contributed by atoms with van der Waals surface area (Å²) in [5.74, 6) is -1.15. The Morgan fingerprint density at radius 1 is 1.33 bits per heavy atom. The van der Waals surface area contributed by atoms with E-state index in [1.165, 1.54) is 23.5 Å². The molecule has 0 atom stereocenters. The first-order valence-electron chi connectivity index (χ1n) is 8.49. The molecule has 0 spiro atoms. The van der Waals surface area contributed by atoms with Gasteiger partial charge in [0.25, 0.3) is 11.6 Å². The highest BCUT2D eigenvalue weighted by molar-refractivity contribution is 7.17. The topological polar surface area (TPSA) is 98.5 Å². The van der Waals surface area contributed by atoms with Gasteiger partial charge in [-0.3, -0.25) is 14.9 Å². The third-order valence-electron chi connectivity index (χ3n) is 4.28. The number of anilines is 1. The van der Waals surface area contributed by atoms with Gasteiger partial charge >= 0.3 is 5.97 Å². The number of fused-ring (bicyclic) bond motifs is 1. The van der Waals surface area contributed by atoms with Crippen LogP contribution in [0.4, 0.5) is 10.7 Å². The van der Waals surface area contributed by atoms with Crippen molar-refractivity contribution in [2.45, 2.75) is 32.6 Å². The van der Waals surface area contributed by atoms with Gasteiger partial charge in [-0.15, -0.1) is 11.3 Å². The number of carbonyl (C=O) groups is 2. The molecule has 0 saturated carbocycles. The number of aryl methyl sites for hydroxylation is 1. The minimum absolute atomic E-state index is 0.120. The first-order chi connectivity index (χ1) is 12.9. The molecule has 0 unspecified atom stereocenters. The number of hydrogen-bond acceptors (Lipinski definition) is 6. The van der Waals surface area contributed by atoms with Crippen LogP contribution >= 0.6 is 22.9 Å². The van der Waals surface area contributed by atoms with Gasteiger partial charge in [-0.1, -0.05) is 11.6 Å². The first-order valence-corrected chi connectivity index (χ1v) is 9.68. The molecule has 1 amide bonds. The summed E-state index contributed by atoms with van der Waals surface area (Å²) in [7, 11) is 0. The number of ether oxygens (including phenoxy) is 1. The standard InChI is InChI=1S/C18H17ClN2O5S/c1-2-26-18(23)15-12-5-3-4-6-14(12)27-17(15)20-16(22)11-8-7-10(19)9-13(11)21(24)25/h7-9H,2-6H2,1H3,(H,20,22). The fraction of sp³-hybridized carbons (Fsp3) is 0.333.